The van der Waals surface area contributed by atoms with Crippen LogP contribution in [-0.4, -0.2) is 47.8 Å². The second kappa shape index (κ2) is 6.27. The minimum absolute atomic E-state index is 0.243. The predicted molar refractivity (Wildman–Crippen MR) is 71.0 cm³/mol. The van der Waals surface area contributed by atoms with E-state index in [0.717, 1.165) is 6.54 Å². The topological polar surface area (TPSA) is 23.5 Å². The van der Waals surface area contributed by atoms with E-state index in [1.807, 2.05) is 0 Å². The molecule has 0 spiro atoms. The molecule has 2 nitrogen and oxygen atoms in total. The number of thioether (sulfide) groups is 1. The van der Waals surface area contributed by atoms with Crippen LogP contribution in [0.15, 0.2) is 0 Å². The van der Waals surface area contributed by atoms with Gasteiger partial charge in [-0.3, -0.25) is 0 Å². The SMILES string of the molecule is OCC1(CN2CCCSCC2)CCCCC1. The summed E-state index contributed by atoms with van der Waals surface area (Å²) < 4.78 is 0. The zero-order chi connectivity index (χ0) is 11.3. The van der Waals surface area contributed by atoms with Gasteiger partial charge in [-0.2, -0.15) is 11.8 Å². The lowest BCUT2D eigenvalue weighted by atomic mass is 9.74. The summed E-state index contributed by atoms with van der Waals surface area (Å²) in [6, 6.07) is 0. The summed E-state index contributed by atoms with van der Waals surface area (Å²) in [5.74, 6) is 2.60. The molecule has 0 radical (unpaired) electrons. The van der Waals surface area contributed by atoms with Crippen LogP contribution in [0, 0.1) is 5.41 Å². The van der Waals surface area contributed by atoms with Crippen molar-refractivity contribution in [3.8, 4) is 0 Å². The molecule has 1 saturated heterocycles. The Morgan fingerprint density at radius 3 is 2.56 bits per heavy atom. The van der Waals surface area contributed by atoms with Gasteiger partial charge in [-0.1, -0.05) is 19.3 Å². The van der Waals surface area contributed by atoms with Gasteiger partial charge in [0.25, 0.3) is 0 Å². The normalized spacial score (nSPS) is 27.6. The van der Waals surface area contributed by atoms with Gasteiger partial charge < -0.3 is 10.0 Å². The Morgan fingerprint density at radius 1 is 1.00 bits per heavy atom. The summed E-state index contributed by atoms with van der Waals surface area (Å²) in [4.78, 5) is 2.60. The van der Waals surface area contributed by atoms with Crippen LogP contribution >= 0.6 is 11.8 Å². The molecule has 1 aliphatic carbocycles. The van der Waals surface area contributed by atoms with Crippen molar-refractivity contribution in [2.24, 2.45) is 5.41 Å². The zero-order valence-electron chi connectivity index (χ0n) is 10.3. The minimum Gasteiger partial charge on any atom is -0.396 e. The number of aliphatic hydroxyl groups excluding tert-OH is 1. The van der Waals surface area contributed by atoms with Crippen LogP contribution in [0.1, 0.15) is 38.5 Å². The van der Waals surface area contributed by atoms with E-state index in [4.69, 9.17) is 0 Å². The molecule has 0 amide bonds. The van der Waals surface area contributed by atoms with Crippen molar-refractivity contribution in [2.75, 3.05) is 37.7 Å². The van der Waals surface area contributed by atoms with Crippen LogP contribution in [0.3, 0.4) is 0 Å². The number of rotatable bonds is 3. The fourth-order valence-electron chi connectivity index (χ4n) is 3.10. The Morgan fingerprint density at radius 2 is 1.81 bits per heavy atom. The first-order valence-corrected chi connectivity index (χ1v) is 7.91. The highest BCUT2D eigenvalue weighted by atomic mass is 32.2. The average Bonchev–Trinajstić information content (AvgIpc) is 2.59. The molecule has 1 saturated carbocycles. The van der Waals surface area contributed by atoms with E-state index in [1.54, 1.807) is 0 Å². The molecule has 3 heteroatoms. The van der Waals surface area contributed by atoms with E-state index in [-0.39, 0.29) is 5.41 Å². The lowest BCUT2D eigenvalue weighted by Crippen LogP contribution is -2.42. The van der Waals surface area contributed by atoms with Crippen LogP contribution < -0.4 is 0 Å². The Hall–Kier alpha value is 0.270. The zero-order valence-corrected chi connectivity index (χ0v) is 11.1. The number of aliphatic hydroxyl groups is 1. The molecule has 0 aromatic rings. The summed E-state index contributed by atoms with van der Waals surface area (Å²) in [7, 11) is 0. The molecule has 1 heterocycles. The Kier molecular flexibility index (Phi) is 4.98. The third-order valence-corrected chi connectivity index (χ3v) is 5.17. The fraction of sp³-hybridized carbons (Fsp3) is 1.00. The number of nitrogens with zero attached hydrogens (tertiary/aromatic N) is 1. The van der Waals surface area contributed by atoms with Gasteiger partial charge in [0, 0.05) is 30.9 Å². The highest BCUT2D eigenvalue weighted by molar-refractivity contribution is 7.99. The van der Waals surface area contributed by atoms with Crippen molar-refractivity contribution in [3.05, 3.63) is 0 Å². The van der Waals surface area contributed by atoms with E-state index in [2.05, 4.69) is 16.7 Å². The molecule has 0 aromatic heterocycles. The number of hydrogen-bond acceptors (Lipinski definition) is 3. The van der Waals surface area contributed by atoms with Gasteiger partial charge in [-0.15, -0.1) is 0 Å². The van der Waals surface area contributed by atoms with Crippen molar-refractivity contribution >= 4 is 11.8 Å². The van der Waals surface area contributed by atoms with Crippen molar-refractivity contribution in [2.45, 2.75) is 38.5 Å². The first-order valence-electron chi connectivity index (χ1n) is 6.76. The quantitative estimate of drug-likeness (QED) is 0.823. The molecular formula is C13H25NOS. The van der Waals surface area contributed by atoms with Crippen molar-refractivity contribution < 1.29 is 5.11 Å². The summed E-state index contributed by atoms with van der Waals surface area (Å²) in [5, 5.41) is 9.71. The second-order valence-electron chi connectivity index (χ2n) is 5.46. The Labute approximate surface area is 104 Å². The van der Waals surface area contributed by atoms with Crippen molar-refractivity contribution in [1.29, 1.82) is 0 Å². The van der Waals surface area contributed by atoms with Crippen LogP contribution in [0.2, 0.25) is 0 Å². The molecule has 1 aliphatic heterocycles. The molecule has 0 unspecified atom stereocenters. The van der Waals surface area contributed by atoms with Gasteiger partial charge in [0.05, 0.1) is 0 Å². The first-order chi connectivity index (χ1) is 7.85. The standard InChI is InChI=1S/C13H25NOS/c15-12-13(5-2-1-3-6-13)11-14-7-4-9-16-10-8-14/h15H,1-12H2. The van der Waals surface area contributed by atoms with Gasteiger partial charge in [-0.05, 0) is 31.6 Å². The minimum atomic E-state index is 0.243. The van der Waals surface area contributed by atoms with E-state index < -0.39 is 0 Å². The maximum absolute atomic E-state index is 9.71. The van der Waals surface area contributed by atoms with Crippen molar-refractivity contribution in [1.82, 2.24) is 4.90 Å². The molecule has 0 aromatic carbocycles. The van der Waals surface area contributed by atoms with E-state index in [1.165, 1.54) is 63.1 Å². The average molecular weight is 243 g/mol. The molecule has 94 valence electrons. The lowest BCUT2D eigenvalue weighted by molar-refractivity contribution is 0.0429. The molecule has 2 aliphatic rings. The molecular weight excluding hydrogens is 218 g/mol. The molecule has 16 heavy (non-hydrogen) atoms. The third-order valence-electron chi connectivity index (χ3n) is 4.12. The summed E-state index contributed by atoms with van der Waals surface area (Å²) in [6.45, 7) is 4.02. The second-order valence-corrected chi connectivity index (χ2v) is 6.69. The van der Waals surface area contributed by atoms with Gasteiger partial charge in [0.15, 0.2) is 0 Å². The van der Waals surface area contributed by atoms with Gasteiger partial charge in [-0.25, -0.2) is 0 Å². The van der Waals surface area contributed by atoms with Gasteiger partial charge in [0.2, 0.25) is 0 Å². The maximum atomic E-state index is 9.71. The van der Waals surface area contributed by atoms with E-state index in [0.29, 0.717) is 6.61 Å². The van der Waals surface area contributed by atoms with Crippen LogP contribution in [0.4, 0.5) is 0 Å². The molecule has 2 rings (SSSR count). The summed E-state index contributed by atoms with van der Waals surface area (Å²) in [6.07, 6.45) is 7.83. The molecule has 1 N–H and O–H groups in total. The molecule has 0 atom stereocenters. The molecule has 2 fully saturated rings. The third kappa shape index (κ3) is 3.38. The molecule has 0 bridgehead atoms. The van der Waals surface area contributed by atoms with E-state index in [9.17, 15) is 5.11 Å². The van der Waals surface area contributed by atoms with Gasteiger partial charge >= 0.3 is 0 Å². The lowest BCUT2D eigenvalue weighted by Gasteiger charge is -2.39. The smallest absolute Gasteiger partial charge is 0.0499 e. The monoisotopic (exact) mass is 243 g/mol. The first kappa shape index (κ1) is 12.7. The van der Waals surface area contributed by atoms with Crippen LogP contribution in [0.5, 0.6) is 0 Å². The Balaban J connectivity index is 1.88. The predicted octanol–water partition coefficient (Wildman–Crippen LogP) is 2.37. The number of hydrogen-bond donors (Lipinski definition) is 1. The fourth-order valence-corrected chi connectivity index (χ4v) is 4.02. The van der Waals surface area contributed by atoms with Crippen LogP contribution in [-0.2, 0) is 0 Å². The summed E-state index contributed by atoms with van der Waals surface area (Å²) in [5.41, 5.74) is 0.243. The van der Waals surface area contributed by atoms with E-state index >= 15 is 0 Å². The summed E-state index contributed by atoms with van der Waals surface area (Å²) >= 11 is 2.08. The largest absolute Gasteiger partial charge is 0.396 e. The van der Waals surface area contributed by atoms with Crippen LogP contribution in [0.25, 0.3) is 0 Å². The highest BCUT2D eigenvalue weighted by Gasteiger charge is 2.33. The highest BCUT2D eigenvalue weighted by Crippen LogP contribution is 2.36. The van der Waals surface area contributed by atoms with Gasteiger partial charge in [0.1, 0.15) is 0 Å². The van der Waals surface area contributed by atoms with Crippen molar-refractivity contribution in [3.63, 3.8) is 0 Å². The maximum Gasteiger partial charge on any atom is 0.0499 e. The Bertz CT molecular complexity index is 196.